The van der Waals surface area contributed by atoms with Crippen LogP contribution in [0.2, 0.25) is 0 Å². The highest BCUT2D eigenvalue weighted by atomic mass is 32.2. The normalized spacial score (nSPS) is 14.7. The molecular weight excluding hydrogens is 452 g/mol. The second kappa shape index (κ2) is 9.14. The molecule has 0 atom stereocenters. The van der Waals surface area contributed by atoms with Crippen LogP contribution in [0.25, 0.3) is 10.8 Å². The van der Waals surface area contributed by atoms with Gasteiger partial charge in [-0.3, -0.25) is 10.1 Å². The molecule has 0 spiro atoms. The SMILES string of the molecule is COC(=O)c1cc2ccccc2cc1Oc1ccc(S(=O)(=O)N2CCOCC2)cc1[N+](=O)[O-]. The lowest BCUT2D eigenvalue weighted by Gasteiger charge is -2.26. The number of ether oxygens (including phenoxy) is 3. The van der Waals surface area contributed by atoms with Gasteiger partial charge < -0.3 is 14.2 Å². The molecule has 0 aliphatic carbocycles. The zero-order chi connectivity index (χ0) is 23.6. The predicted molar refractivity (Wildman–Crippen MR) is 118 cm³/mol. The van der Waals surface area contributed by atoms with Crippen LogP contribution in [-0.4, -0.2) is 57.0 Å². The second-order valence-corrected chi connectivity index (χ2v) is 9.13. The fourth-order valence-corrected chi connectivity index (χ4v) is 4.94. The van der Waals surface area contributed by atoms with E-state index in [1.165, 1.54) is 23.5 Å². The minimum absolute atomic E-state index is 0.0486. The zero-order valence-corrected chi connectivity index (χ0v) is 18.4. The number of nitrogens with zero attached hydrogens (tertiary/aromatic N) is 2. The molecule has 4 rings (SSSR count). The number of carbonyl (C=O) groups is 1. The van der Waals surface area contributed by atoms with Crippen LogP contribution in [0.5, 0.6) is 11.5 Å². The summed E-state index contributed by atoms with van der Waals surface area (Å²) in [5, 5.41) is 13.3. The number of sulfonamides is 1. The highest BCUT2D eigenvalue weighted by molar-refractivity contribution is 7.89. The lowest BCUT2D eigenvalue weighted by atomic mass is 10.1. The Kier molecular flexibility index (Phi) is 6.27. The molecule has 3 aromatic rings. The molecule has 1 saturated heterocycles. The maximum Gasteiger partial charge on any atom is 0.341 e. The van der Waals surface area contributed by atoms with Crippen molar-refractivity contribution in [3.8, 4) is 11.5 Å². The summed E-state index contributed by atoms with van der Waals surface area (Å²) in [5.74, 6) is -0.835. The third-order valence-corrected chi connectivity index (χ3v) is 7.10. The second-order valence-electron chi connectivity index (χ2n) is 7.19. The first kappa shape index (κ1) is 22.6. The Morgan fingerprint density at radius 3 is 2.33 bits per heavy atom. The quantitative estimate of drug-likeness (QED) is 0.304. The number of benzene rings is 3. The van der Waals surface area contributed by atoms with E-state index in [4.69, 9.17) is 14.2 Å². The van der Waals surface area contributed by atoms with Gasteiger partial charge in [-0.05, 0) is 35.0 Å². The summed E-state index contributed by atoms with van der Waals surface area (Å²) in [6.07, 6.45) is 0. The van der Waals surface area contributed by atoms with Gasteiger partial charge in [-0.15, -0.1) is 0 Å². The molecule has 0 radical (unpaired) electrons. The lowest BCUT2D eigenvalue weighted by Crippen LogP contribution is -2.40. The van der Waals surface area contributed by atoms with Crippen molar-refractivity contribution in [1.82, 2.24) is 4.31 Å². The van der Waals surface area contributed by atoms with E-state index < -0.39 is 26.6 Å². The minimum atomic E-state index is -3.94. The van der Waals surface area contributed by atoms with Crippen molar-refractivity contribution < 1.29 is 32.3 Å². The Morgan fingerprint density at radius 1 is 1.03 bits per heavy atom. The summed E-state index contributed by atoms with van der Waals surface area (Å²) in [6, 6.07) is 13.8. The largest absolute Gasteiger partial charge is 0.465 e. The van der Waals surface area contributed by atoms with Gasteiger partial charge in [0.2, 0.25) is 15.8 Å². The molecule has 0 N–H and O–H groups in total. The molecule has 1 fully saturated rings. The summed E-state index contributed by atoms with van der Waals surface area (Å²) in [4.78, 5) is 23.1. The van der Waals surface area contributed by atoms with Gasteiger partial charge in [0.1, 0.15) is 11.3 Å². The Morgan fingerprint density at radius 2 is 1.70 bits per heavy atom. The van der Waals surface area contributed by atoms with Crippen LogP contribution in [0, 0.1) is 10.1 Å². The molecule has 33 heavy (non-hydrogen) atoms. The molecule has 0 bridgehead atoms. The number of hydrogen-bond acceptors (Lipinski definition) is 8. The maximum atomic E-state index is 12.9. The number of rotatable bonds is 6. The fourth-order valence-electron chi connectivity index (χ4n) is 3.51. The molecule has 11 heteroatoms. The van der Waals surface area contributed by atoms with Crippen molar-refractivity contribution in [3.05, 3.63) is 70.3 Å². The average Bonchev–Trinajstić information content (AvgIpc) is 2.83. The fraction of sp³-hybridized carbons (Fsp3) is 0.227. The molecule has 0 unspecified atom stereocenters. The number of fused-ring (bicyclic) bond motifs is 1. The van der Waals surface area contributed by atoms with Gasteiger partial charge in [-0.2, -0.15) is 4.31 Å². The van der Waals surface area contributed by atoms with Crippen LogP contribution < -0.4 is 4.74 Å². The number of methoxy groups -OCH3 is 1. The van der Waals surface area contributed by atoms with E-state index in [-0.39, 0.29) is 48.3 Å². The van der Waals surface area contributed by atoms with Crippen molar-refractivity contribution >= 4 is 32.5 Å². The summed E-state index contributed by atoms with van der Waals surface area (Å²) >= 11 is 0. The Hall–Kier alpha value is -3.54. The van der Waals surface area contributed by atoms with E-state index in [0.717, 1.165) is 16.8 Å². The first-order valence-corrected chi connectivity index (χ1v) is 11.4. The van der Waals surface area contributed by atoms with E-state index in [1.807, 2.05) is 6.07 Å². The molecule has 1 aliphatic heterocycles. The van der Waals surface area contributed by atoms with Gasteiger partial charge >= 0.3 is 11.7 Å². The number of hydrogen-bond donors (Lipinski definition) is 0. The molecule has 172 valence electrons. The van der Waals surface area contributed by atoms with Crippen LogP contribution in [0.4, 0.5) is 5.69 Å². The van der Waals surface area contributed by atoms with Gasteiger partial charge in [-0.25, -0.2) is 13.2 Å². The molecule has 0 amide bonds. The summed E-state index contributed by atoms with van der Waals surface area (Å²) in [7, 11) is -2.73. The van der Waals surface area contributed by atoms with Crippen LogP contribution in [0.3, 0.4) is 0 Å². The topological polar surface area (TPSA) is 125 Å². The van der Waals surface area contributed by atoms with Crippen molar-refractivity contribution in [2.45, 2.75) is 4.90 Å². The number of nitro benzene ring substituents is 1. The molecule has 1 aliphatic rings. The molecule has 3 aromatic carbocycles. The predicted octanol–water partition coefficient (Wildman–Crippen LogP) is 3.35. The molecular formula is C22H20N2O8S. The lowest BCUT2D eigenvalue weighted by molar-refractivity contribution is -0.385. The molecule has 1 heterocycles. The van der Waals surface area contributed by atoms with E-state index >= 15 is 0 Å². The van der Waals surface area contributed by atoms with E-state index in [2.05, 4.69) is 0 Å². The third kappa shape index (κ3) is 4.51. The number of carbonyl (C=O) groups excluding carboxylic acids is 1. The van der Waals surface area contributed by atoms with E-state index in [9.17, 15) is 23.3 Å². The van der Waals surface area contributed by atoms with Gasteiger partial charge in [0.15, 0.2) is 0 Å². The van der Waals surface area contributed by atoms with Crippen molar-refractivity contribution in [1.29, 1.82) is 0 Å². The molecule has 0 saturated carbocycles. The highest BCUT2D eigenvalue weighted by Crippen LogP contribution is 2.37. The maximum absolute atomic E-state index is 12.9. The van der Waals surface area contributed by atoms with Crippen molar-refractivity contribution in [3.63, 3.8) is 0 Å². The van der Waals surface area contributed by atoms with Gasteiger partial charge in [0, 0.05) is 19.2 Å². The number of morpholine rings is 1. The minimum Gasteiger partial charge on any atom is -0.465 e. The smallest absolute Gasteiger partial charge is 0.341 e. The Labute approximate surface area is 189 Å². The third-order valence-electron chi connectivity index (χ3n) is 5.21. The van der Waals surface area contributed by atoms with E-state index in [1.54, 1.807) is 30.3 Å². The summed E-state index contributed by atoms with van der Waals surface area (Å²) in [6.45, 7) is 0.823. The Balaban J connectivity index is 1.76. The van der Waals surface area contributed by atoms with Crippen molar-refractivity contribution in [2.75, 3.05) is 33.4 Å². The van der Waals surface area contributed by atoms with Crippen LogP contribution in [-0.2, 0) is 19.5 Å². The van der Waals surface area contributed by atoms with Crippen molar-refractivity contribution in [2.24, 2.45) is 0 Å². The molecule has 10 nitrogen and oxygen atoms in total. The average molecular weight is 472 g/mol. The zero-order valence-electron chi connectivity index (χ0n) is 17.6. The van der Waals surface area contributed by atoms with Gasteiger partial charge in [0.05, 0.1) is 30.1 Å². The van der Waals surface area contributed by atoms with Gasteiger partial charge in [-0.1, -0.05) is 24.3 Å². The monoisotopic (exact) mass is 472 g/mol. The van der Waals surface area contributed by atoms with E-state index in [0.29, 0.717) is 0 Å². The molecule has 0 aromatic heterocycles. The summed E-state index contributed by atoms with van der Waals surface area (Å²) in [5.41, 5.74) is -0.469. The first-order chi connectivity index (χ1) is 15.8. The highest BCUT2D eigenvalue weighted by Gasteiger charge is 2.30. The number of esters is 1. The Bertz CT molecular complexity index is 1330. The van der Waals surface area contributed by atoms with Crippen LogP contribution in [0.1, 0.15) is 10.4 Å². The first-order valence-electron chi connectivity index (χ1n) is 9.96. The van der Waals surface area contributed by atoms with Gasteiger partial charge in [0.25, 0.3) is 0 Å². The standard InChI is InChI=1S/C22H20N2O8S/c1-30-22(25)18-12-15-4-2-3-5-16(15)13-21(18)32-20-7-6-17(14-19(20)24(26)27)33(28,29)23-8-10-31-11-9-23/h2-7,12-14H,8-11H2,1H3. The summed E-state index contributed by atoms with van der Waals surface area (Å²) < 4.78 is 42.8. The van der Waals surface area contributed by atoms with Crippen LogP contribution in [0.15, 0.2) is 59.5 Å². The number of nitro groups is 1. The van der Waals surface area contributed by atoms with Crippen LogP contribution >= 0.6 is 0 Å².